The second-order valence-electron chi connectivity index (χ2n) is 6.07. The van der Waals surface area contributed by atoms with Crippen molar-refractivity contribution in [2.24, 2.45) is 11.8 Å². The molecule has 0 amide bonds. The van der Waals surface area contributed by atoms with Crippen LogP contribution in [0.15, 0.2) is 0 Å². The van der Waals surface area contributed by atoms with E-state index in [0.717, 1.165) is 17.9 Å². The predicted molar refractivity (Wildman–Crippen MR) is 74.3 cm³/mol. The molecule has 2 heteroatoms. The Morgan fingerprint density at radius 2 is 1.65 bits per heavy atom. The summed E-state index contributed by atoms with van der Waals surface area (Å²) in [6.07, 6.45) is 11.5. The molecule has 0 radical (unpaired) electrons. The molecule has 2 saturated heterocycles. The average molecular weight is 238 g/mol. The van der Waals surface area contributed by atoms with Crippen molar-refractivity contribution >= 4 is 0 Å². The molecule has 0 aromatic carbocycles. The lowest BCUT2D eigenvalue weighted by atomic mass is 9.85. The van der Waals surface area contributed by atoms with Crippen molar-refractivity contribution in [3.05, 3.63) is 0 Å². The van der Waals surface area contributed by atoms with Crippen molar-refractivity contribution < 1.29 is 0 Å². The quantitative estimate of drug-likeness (QED) is 0.769. The van der Waals surface area contributed by atoms with Crippen LogP contribution in [0.1, 0.15) is 58.3 Å². The zero-order valence-corrected chi connectivity index (χ0v) is 11.5. The fourth-order valence-corrected chi connectivity index (χ4v) is 3.53. The average Bonchev–Trinajstić information content (AvgIpc) is 2.40. The van der Waals surface area contributed by atoms with Gasteiger partial charge in [-0.15, -0.1) is 0 Å². The molecule has 2 aliphatic rings. The van der Waals surface area contributed by atoms with Crippen LogP contribution >= 0.6 is 0 Å². The summed E-state index contributed by atoms with van der Waals surface area (Å²) in [4.78, 5) is 0. The molecular formula is C15H30N2. The van der Waals surface area contributed by atoms with Crippen molar-refractivity contribution in [3.63, 3.8) is 0 Å². The molecule has 2 N–H and O–H groups in total. The summed E-state index contributed by atoms with van der Waals surface area (Å²) in [6, 6.07) is 0.813. The standard InChI is InChI=1S/C15H30N2/c1-2-15-12-14(8-11-17-15)5-3-4-13-6-9-16-10-7-13/h13-17H,2-12H2,1H3. The first-order chi connectivity index (χ1) is 8.38. The van der Waals surface area contributed by atoms with Crippen LogP contribution in [0.3, 0.4) is 0 Å². The van der Waals surface area contributed by atoms with Crippen molar-refractivity contribution in [1.82, 2.24) is 10.6 Å². The predicted octanol–water partition coefficient (Wildman–Crippen LogP) is 2.93. The molecule has 2 rings (SSSR count). The Bertz CT molecular complexity index is 199. The highest BCUT2D eigenvalue weighted by molar-refractivity contribution is 4.78. The highest BCUT2D eigenvalue weighted by Gasteiger charge is 2.20. The second kappa shape index (κ2) is 7.38. The first-order valence-electron chi connectivity index (χ1n) is 7.82. The topological polar surface area (TPSA) is 24.1 Å². The van der Waals surface area contributed by atoms with E-state index in [1.807, 2.05) is 0 Å². The summed E-state index contributed by atoms with van der Waals surface area (Å²) in [5.41, 5.74) is 0. The van der Waals surface area contributed by atoms with Gasteiger partial charge < -0.3 is 10.6 Å². The van der Waals surface area contributed by atoms with Gasteiger partial charge in [0, 0.05) is 6.04 Å². The van der Waals surface area contributed by atoms with Crippen LogP contribution in [0.2, 0.25) is 0 Å². The molecule has 2 unspecified atom stereocenters. The molecule has 0 saturated carbocycles. The number of rotatable bonds is 5. The number of nitrogens with one attached hydrogen (secondary N) is 2. The Hall–Kier alpha value is -0.0800. The molecule has 2 aliphatic heterocycles. The summed E-state index contributed by atoms with van der Waals surface area (Å²) >= 11 is 0. The van der Waals surface area contributed by atoms with Gasteiger partial charge in [0.15, 0.2) is 0 Å². The maximum atomic E-state index is 3.63. The third-order valence-corrected chi connectivity index (χ3v) is 4.78. The van der Waals surface area contributed by atoms with Gasteiger partial charge >= 0.3 is 0 Å². The lowest BCUT2D eigenvalue weighted by Crippen LogP contribution is -2.37. The van der Waals surface area contributed by atoms with E-state index in [-0.39, 0.29) is 0 Å². The molecule has 100 valence electrons. The maximum absolute atomic E-state index is 3.63. The Balaban J connectivity index is 1.57. The van der Waals surface area contributed by atoms with Gasteiger partial charge in [-0.25, -0.2) is 0 Å². The zero-order valence-electron chi connectivity index (χ0n) is 11.5. The molecule has 2 atom stereocenters. The highest BCUT2D eigenvalue weighted by Crippen LogP contribution is 2.26. The molecule has 0 spiro atoms. The summed E-state index contributed by atoms with van der Waals surface area (Å²) in [5, 5.41) is 7.09. The normalized spacial score (nSPS) is 31.6. The van der Waals surface area contributed by atoms with E-state index in [4.69, 9.17) is 0 Å². The van der Waals surface area contributed by atoms with Crippen LogP contribution < -0.4 is 10.6 Å². The largest absolute Gasteiger partial charge is 0.317 e. The van der Waals surface area contributed by atoms with Crippen molar-refractivity contribution in [2.75, 3.05) is 19.6 Å². The number of hydrogen-bond acceptors (Lipinski definition) is 2. The number of hydrogen-bond donors (Lipinski definition) is 2. The molecule has 0 aliphatic carbocycles. The van der Waals surface area contributed by atoms with Crippen molar-refractivity contribution in [1.29, 1.82) is 0 Å². The fourth-order valence-electron chi connectivity index (χ4n) is 3.53. The third-order valence-electron chi connectivity index (χ3n) is 4.78. The van der Waals surface area contributed by atoms with E-state index in [1.54, 1.807) is 0 Å². The fraction of sp³-hybridized carbons (Fsp3) is 1.00. The lowest BCUT2D eigenvalue weighted by Gasteiger charge is -2.30. The first kappa shape index (κ1) is 13.4. The zero-order chi connectivity index (χ0) is 11.9. The van der Waals surface area contributed by atoms with Crippen LogP contribution in [0.25, 0.3) is 0 Å². The first-order valence-corrected chi connectivity index (χ1v) is 7.82. The molecule has 0 aromatic rings. The summed E-state index contributed by atoms with van der Waals surface area (Å²) < 4.78 is 0. The minimum absolute atomic E-state index is 0.813. The van der Waals surface area contributed by atoms with E-state index in [2.05, 4.69) is 17.6 Å². The Morgan fingerprint density at radius 3 is 2.41 bits per heavy atom. The minimum Gasteiger partial charge on any atom is -0.317 e. The molecule has 0 aromatic heterocycles. The Morgan fingerprint density at radius 1 is 0.941 bits per heavy atom. The van der Waals surface area contributed by atoms with Gasteiger partial charge in [0.25, 0.3) is 0 Å². The Labute approximate surface area is 107 Å². The van der Waals surface area contributed by atoms with Gasteiger partial charge in [0.1, 0.15) is 0 Å². The number of piperidine rings is 2. The molecule has 2 nitrogen and oxygen atoms in total. The van der Waals surface area contributed by atoms with Gasteiger partial charge in [-0.3, -0.25) is 0 Å². The van der Waals surface area contributed by atoms with E-state index in [1.165, 1.54) is 71.0 Å². The summed E-state index contributed by atoms with van der Waals surface area (Å²) in [7, 11) is 0. The van der Waals surface area contributed by atoms with Gasteiger partial charge in [0.2, 0.25) is 0 Å². The van der Waals surface area contributed by atoms with Crippen LogP contribution in [0.5, 0.6) is 0 Å². The maximum Gasteiger partial charge on any atom is 0.00670 e. The van der Waals surface area contributed by atoms with Crippen LogP contribution in [-0.2, 0) is 0 Å². The van der Waals surface area contributed by atoms with Gasteiger partial charge in [-0.2, -0.15) is 0 Å². The van der Waals surface area contributed by atoms with E-state index in [0.29, 0.717) is 0 Å². The summed E-state index contributed by atoms with van der Waals surface area (Å²) in [6.45, 7) is 6.09. The van der Waals surface area contributed by atoms with Gasteiger partial charge in [0.05, 0.1) is 0 Å². The van der Waals surface area contributed by atoms with Crippen molar-refractivity contribution in [2.45, 2.75) is 64.3 Å². The molecule has 2 heterocycles. The third kappa shape index (κ3) is 4.59. The van der Waals surface area contributed by atoms with E-state index < -0.39 is 0 Å². The van der Waals surface area contributed by atoms with Gasteiger partial charge in [-0.1, -0.05) is 26.2 Å². The lowest BCUT2D eigenvalue weighted by molar-refractivity contribution is 0.264. The minimum atomic E-state index is 0.813. The molecule has 0 bridgehead atoms. The SMILES string of the molecule is CCC1CC(CCCC2CCNCC2)CCN1. The molecule has 2 fully saturated rings. The monoisotopic (exact) mass is 238 g/mol. The van der Waals surface area contributed by atoms with E-state index in [9.17, 15) is 0 Å². The van der Waals surface area contributed by atoms with Gasteiger partial charge in [-0.05, 0) is 63.6 Å². The van der Waals surface area contributed by atoms with Crippen molar-refractivity contribution in [3.8, 4) is 0 Å². The van der Waals surface area contributed by atoms with E-state index >= 15 is 0 Å². The molecule has 17 heavy (non-hydrogen) atoms. The second-order valence-corrected chi connectivity index (χ2v) is 6.07. The molecular weight excluding hydrogens is 208 g/mol. The highest BCUT2D eigenvalue weighted by atomic mass is 14.9. The summed E-state index contributed by atoms with van der Waals surface area (Å²) in [5.74, 6) is 2.04. The Kier molecular flexibility index (Phi) is 5.79. The van der Waals surface area contributed by atoms with Crippen LogP contribution in [0.4, 0.5) is 0 Å². The van der Waals surface area contributed by atoms with Crippen LogP contribution in [-0.4, -0.2) is 25.7 Å². The van der Waals surface area contributed by atoms with Crippen LogP contribution in [0, 0.1) is 11.8 Å². The smallest absolute Gasteiger partial charge is 0.00670 e.